The van der Waals surface area contributed by atoms with Crippen molar-refractivity contribution in [2.75, 3.05) is 4.72 Å². The van der Waals surface area contributed by atoms with E-state index in [-0.39, 0.29) is 16.8 Å². The molecule has 2 N–H and O–H groups in total. The van der Waals surface area contributed by atoms with Crippen LogP contribution in [0.2, 0.25) is 0 Å². The monoisotopic (exact) mass is 408 g/mol. The first-order valence-electron chi connectivity index (χ1n) is 9.46. The molecule has 3 aromatic carbocycles. The summed E-state index contributed by atoms with van der Waals surface area (Å²) in [6.45, 7) is 4.01. The molecule has 0 spiro atoms. The van der Waals surface area contributed by atoms with Gasteiger partial charge in [0.25, 0.3) is 15.9 Å². The maximum atomic E-state index is 12.7. The average molecular weight is 409 g/mol. The van der Waals surface area contributed by atoms with Gasteiger partial charge in [0.15, 0.2) is 0 Å². The van der Waals surface area contributed by atoms with Crippen molar-refractivity contribution in [2.24, 2.45) is 0 Å². The molecule has 5 nitrogen and oxygen atoms in total. The van der Waals surface area contributed by atoms with Crippen LogP contribution in [0.3, 0.4) is 0 Å². The Morgan fingerprint density at radius 2 is 1.62 bits per heavy atom. The summed E-state index contributed by atoms with van der Waals surface area (Å²) in [5.74, 6) is -0.266. The predicted octanol–water partition coefficient (Wildman–Crippen LogP) is 4.54. The first-order chi connectivity index (χ1) is 13.9. The molecular weight excluding hydrogens is 384 g/mol. The van der Waals surface area contributed by atoms with E-state index in [2.05, 4.69) is 29.1 Å². The van der Waals surface area contributed by atoms with Crippen LogP contribution in [0, 0.1) is 0 Å². The number of rotatable bonds is 7. The van der Waals surface area contributed by atoms with Crippen molar-refractivity contribution < 1.29 is 13.2 Å². The number of hydrogen-bond donors (Lipinski definition) is 2. The zero-order chi connectivity index (χ0) is 20.9. The van der Waals surface area contributed by atoms with Gasteiger partial charge in [0.05, 0.1) is 10.9 Å². The van der Waals surface area contributed by atoms with Crippen LogP contribution in [-0.2, 0) is 16.4 Å². The molecule has 0 saturated carbocycles. The van der Waals surface area contributed by atoms with Gasteiger partial charge in [-0.1, -0.05) is 55.5 Å². The van der Waals surface area contributed by atoms with E-state index in [1.807, 2.05) is 19.1 Å². The lowest BCUT2D eigenvalue weighted by molar-refractivity contribution is 0.0940. The molecular formula is C23H24N2O3S. The number of amides is 1. The summed E-state index contributed by atoms with van der Waals surface area (Å²) >= 11 is 0. The third-order valence-electron chi connectivity index (χ3n) is 4.67. The molecule has 0 unspecified atom stereocenters. The van der Waals surface area contributed by atoms with Crippen LogP contribution in [0.4, 0.5) is 5.69 Å². The van der Waals surface area contributed by atoms with Crippen molar-refractivity contribution in [1.82, 2.24) is 5.32 Å². The lowest BCUT2D eigenvalue weighted by Gasteiger charge is -2.15. The van der Waals surface area contributed by atoms with Crippen molar-refractivity contribution in [2.45, 2.75) is 31.2 Å². The third kappa shape index (κ3) is 5.23. The number of sulfonamides is 1. The first kappa shape index (κ1) is 20.6. The Labute approximate surface area is 171 Å². The molecule has 29 heavy (non-hydrogen) atoms. The second-order valence-corrected chi connectivity index (χ2v) is 8.47. The lowest BCUT2D eigenvalue weighted by Crippen LogP contribution is -2.26. The van der Waals surface area contributed by atoms with Crippen LogP contribution in [0.1, 0.15) is 41.4 Å². The Morgan fingerprint density at radius 1 is 0.931 bits per heavy atom. The Hall–Kier alpha value is -3.12. The fourth-order valence-electron chi connectivity index (χ4n) is 2.94. The molecule has 0 radical (unpaired) electrons. The predicted molar refractivity (Wildman–Crippen MR) is 115 cm³/mol. The molecule has 0 fully saturated rings. The number of hydrogen-bond acceptors (Lipinski definition) is 3. The zero-order valence-electron chi connectivity index (χ0n) is 16.4. The van der Waals surface area contributed by atoms with Crippen molar-refractivity contribution >= 4 is 21.6 Å². The zero-order valence-corrected chi connectivity index (χ0v) is 17.2. The summed E-state index contributed by atoms with van der Waals surface area (Å²) in [5, 5.41) is 2.96. The van der Waals surface area contributed by atoms with Gasteiger partial charge in [0.1, 0.15) is 0 Å². The normalized spacial score (nSPS) is 12.2. The fourth-order valence-corrected chi connectivity index (χ4v) is 4.01. The van der Waals surface area contributed by atoms with Gasteiger partial charge >= 0.3 is 0 Å². The summed E-state index contributed by atoms with van der Waals surface area (Å²) in [7, 11) is -3.71. The average Bonchev–Trinajstić information content (AvgIpc) is 2.74. The molecule has 3 rings (SSSR count). The lowest BCUT2D eigenvalue weighted by atomic mass is 10.0. The van der Waals surface area contributed by atoms with Gasteiger partial charge in [-0.05, 0) is 54.8 Å². The highest BCUT2D eigenvalue weighted by atomic mass is 32.2. The number of benzene rings is 3. The Balaban J connectivity index is 1.72. The Bertz CT molecular complexity index is 1080. The first-order valence-corrected chi connectivity index (χ1v) is 10.9. The topological polar surface area (TPSA) is 75.3 Å². The van der Waals surface area contributed by atoms with Gasteiger partial charge in [0, 0.05) is 11.3 Å². The van der Waals surface area contributed by atoms with E-state index < -0.39 is 10.0 Å². The molecule has 0 bridgehead atoms. The molecule has 0 aliphatic carbocycles. The van der Waals surface area contributed by atoms with Crippen molar-refractivity contribution in [3.05, 3.63) is 95.6 Å². The molecule has 1 atom stereocenters. The van der Waals surface area contributed by atoms with E-state index in [0.29, 0.717) is 11.3 Å². The maximum absolute atomic E-state index is 12.7. The van der Waals surface area contributed by atoms with Gasteiger partial charge in [0.2, 0.25) is 0 Å². The minimum atomic E-state index is -3.71. The number of carbonyl (C=O) groups excluding carboxylic acids is 1. The second-order valence-electron chi connectivity index (χ2n) is 6.79. The fraction of sp³-hybridized carbons (Fsp3) is 0.174. The summed E-state index contributed by atoms with van der Waals surface area (Å²) in [6, 6.07) is 22.5. The van der Waals surface area contributed by atoms with E-state index in [0.717, 1.165) is 12.0 Å². The molecule has 0 aromatic heterocycles. The highest BCUT2D eigenvalue weighted by molar-refractivity contribution is 7.92. The van der Waals surface area contributed by atoms with Gasteiger partial charge in [-0.15, -0.1) is 0 Å². The number of anilines is 1. The molecule has 3 aromatic rings. The maximum Gasteiger partial charge on any atom is 0.261 e. The van der Waals surface area contributed by atoms with Gasteiger partial charge in [-0.25, -0.2) is 8.42 Å². The van der Waals surface area contributed by atoms with Gasteiger partial charge < -0.3 is 5.32 Å². The second kappa shape index (κ2) is 8.92. The highest BCUT2D eigenvalue weighted by Crippen LogP contribution is 2.19. The minimum absolute atomic E-state index is 0.166. The highest BCUT2D eigenvalue weighted by Gasteiger charge is 2.16. The van der Waals surface area contributed by atoms with Crippen molar-refractivity contribution in [3.8, 4) is 0 Å². The van der Waals surface area contributed by atoms with Crippen molar-refractivity contribution in [1.29, 1.82) is 0 Å². The molecule has 0 saturated heterocycles. The van der Waals surface area contributed by atoms with Crippen LogP contribution in [0.5, 0.6) is 0 Å². The Morgan fingerprint density at radius 3 is 2.28 bits per heavy atom. The van der Waals surface area contributed by atoms with Crippen LogP contribution < -0.4 is 10.0 Å². The summed E-state index contributed by atoms with van der Waals surface area (Å²) in [4.78, 5) is 12.8. The molecule has 0 aliphatic heterocycles. The van der Waals surface area contributed by atoms with E-state index >= 15 is 0 Å². The van der Waals surface area contributed by atoms with Crippen LogP contribution in [0.15, 0.2) is 83.8 Å². The van der Waals surface area contributed by atoms with E-state index in [1.54, 1.807) is 36.4 Å². The molecule has 6 heteroatoms. The smallest absolute Gasteiger partial charge is 0.261 e. The van der Waals surface area contributed by atoms with E-state index in [1.165, 1.54) is 23.8 Å². The van der Waals surface area contributed by atoms with Gasteiger partial charge in [-0.2, -0.15) is 0 Å². The molecule has 0 heterocycles. The van der Waals surface area contributed by atoms with E-state index in [9.17, 15) is 13.2 Å². The standard InChI is InChI=1S/C23H24N2O3S/c1-3-18-12-14-19(15-13-18)17(2)24-23(26)20-8-7-9-21(16-20)25-29(27,28)22-10-5-4-6-11-22/h4-17,25H,3H2,1-2H3,(H,24,26)/t17-/m1/s1. The quantitative estimate of drug-likeness (QED) is 0.603. The van der Waals surface area contributed by atoms with Gasteiger partial charge in [-0.3, -0.25) is 9.52 Å². The Kier molecular flexibility index (Phi) is 6.34. The number of carbonyl (C=O) groups is 1. The van der Waals surface area contributed by atoms with Crippen LogP contribution in [0.25, 0.3) is 0 Å². The summed E-state index contributed by atoms with van der Waals surface area (Å²) in [5.41, 5.74) is 2.97. The SMILES string of the molecule is CCc1ccc([C@@H](C)NC(=O)c2cccc(NS(=O)(=O)c3ccccc3)c2)cc1. The van der Waals surface area contributed by atoms with Crippen molar-refractivity contribution in [3.63, 3.8) is 0 Å². The van der Waals surface area contributed by atoms with Crippen LogP contribution >= 0.6 is 0 Å². The molecule has 1 amide bonds. The molecule has 150 valence electrons. The summed E-state index contributed by atoms with van der Waals surface area (Å²) in [6.07, 6.45) is 0.965. The minimum Gasteiger partial charge on any atom is -0.346 e. The van der Waals surface area contributed by atoms with Crippen LogP contribution in [-0.4, -0.2) is 14.3 Å². The number of nitrogens with one attached hydrogen (secondary N) is 2. The number of aryl methyl sites for hydroxylation is 1. The largest absolute Gasteiger partial charge is 0.346 e. The van der Waals surface area contributed by atoms with E-state index in [4.69, 9.17) is 0 Å². The molecule has 0 aliphatic rings. The summed E-state index contributed by atoms with van der Waals surface area (Å²) < 4.78 is 27.5. The third-order valence-corrected chi connectivity index (χ3v) is 6.06.